The van der Waals surface area contributed by atoms with Gasteiger partial charge in [-0.3, -0.25) is 0 Å². The molecule has 2 rings (SSSR count). The van der Waals surface area contributed by atoms with Gasteiger partial charge in [0.25, 0.3) is 0 Å². The second-order valence-corrected chi connectivity index (χ2v) is 4.23. The van der Waals surface area contributed by atoms with Crippen molar-refractivity contribution < 1.29 is 4.42 Å². The Bertz CT molecular complexity index is 485. The lowest BCUT2D eigenvalue weighted by Gasteiger charge is -2.18. The van der Waals surface area contributed by atoms with Gasteiger partial charge < -0.3 is 15.1 Å². The zero-order chi connectivity index (χ0) is 12.3. The van der Waals surface area contributed by atoms with Crippen LogP contribution in [0.1, 0.15) is 11.1 Å². The second kappa shape index (κ2) is 5.21. The number of halogens is 1. The summed E-state index contributed by atoms with van der Waals surface area (Å²) in [6.45, 7) is 1.14. The summed E-state index contributed by atoms with van der Waals surface area (Å²) in [5, 5.41) is 0.605. The maximum Gasteiger partial charge on any atom is 0.128 e. The molecule has 2 aromatic heterocycles. The molecular weight excluding hydrogens is 238 g/mol. The Balaban J connectivity index is 2.16. The first-order chi connectivity index (χ1) is 8.20. The van der Waals surface area contributed by atoms with Crippen LogP contribution < -0.4 is 10.6 Å². The van der Waals surface area contributed by atoms with Gasteiger partial charge in [0.15, 0.2) is 0 Å². The molecule has 0 saturated carbocycles. The summed E-state index contributed by atoms with van der Waals surface area (Å²) in [7, 11) is 1.96. The van der Waals surface area contributed by atoms with Crippen LogP contribution in [0.3, 0.4) is 0 Å². The number of rotatable bonds is 4. The van der Waals surface area contributed by atoms with Crippen LogP contribution in [0.2, 0.25) is 5.02 Å². The van der Waals surface area contributed by atoms with Crippen molar-refractivity contribution in [3.8, 4) is 0 Å². The van der Waals surface area contributed by atoms with Gasteiger partial charge in [0, 0.05) is 31.9 Å². The van der Waals surface area contributed by atoms with E-state index >= 15 is 0 Å². The lowest BCUT2D eigenvalue weighted by Crippen LogP contribution is -2.17. The molecule has 4 nitrogen and oxygen atoms in total. The van der Waals surface area contributed by atoms with Crippen molar-refractivity contribution in [3.05, 3.63) is 47.0 Å². The smallest absolute Gasteiger partial charge is 0.128 e. The van der Waals surface area contributed by atoms with Crippen molar-refractivity contribution in [2.24, 2.45) is 5.73 Å². The van der Waals surface area contributed by atoms with Gasteiger partial charge in [-0.05, 0) is 17.7 Å². The van der Waals surface area contributed by atoms with Crippen molar-refractivity contribution in [3.63, 3.8) is 0 Å². The van der Waals surface area contributed by atoms with E-state index < -0.39 is 0 Å². The van der Waals surface area contributed by atoms with Crippen molar-refractivity contribution in [2.75, 3.05) is 11.9 Å². The molecule has 0 radical (unpaired) electrons. The Morgan fingerprint density at radius 2 is 2.35 bits per heavy atom. The molecule has 5 heteroatoms. The highest BCUT2D eigenvalue weighted by Gasteiger charge is 2.07. The number of pyridine rings is 1. The van der Waals surface area contributed by atoms with Crippen molar-refractivity contribution in [1.82, 2.24) is 4.98 Å². The molecule has 0 atom stereocenters. The molecule has 2 N–H and O–H groups in total. The van der Waals surface area contributed by atoms with E-state index in [1.54, 1.807) is 18.7 Å². The lowest BCUT2D eigenvalue weighted by atomic mass is 10.2. The van der Waals surface area contributed by atoms with E-state index in [9.17, 15) is 0 Å². The molecule has 0 aliphatic heterocycles. The molecule has 0 amide bonds. The molecule has 0 saturated heterocycles. The Morgan fingerprint density at radius 3 is 3.00 bits per heavy atom. The van der Waals surface area contributed by atoms with Crippen LogP contribution in [-0.4, -0.2) is 12.0 Å². The normalized spacial score (nSPS) is 10.5. The van der Waals surface area contributed by atoms with E-state index in [0.29, 0.717) is 11.6 Å². The van der Waals surface area contributed by atoms with Crippen LogP contribution in [-0.2, 0) is 13.1 Å². The molecular formula is C12H14ClN3O. The van der Waals surface area contributed by atoms with E-state index in [-0.39, 0.29) is 0 Å². The number of hydrogen-bond donors (Lipinski definition) is 1. The molecule has 17 heavy (non-hydrogen) atoms. The Labute approximate surface area is 105 Å². The first-order valence-electron chi connectivity index (χ1n) is 5.27. The van der Waals surface area contributed by atoms with E-state index in [1.807, 2.05) is 24.1 Å². The molecule has 0 aliphatic rings. The summed E-state index contributed by atoms with van der Waals surface area (Å²) in [6, 6.07) is 3.83. The van der Waals surface area contributed by atoms with Gasteiger partial charge in [-0.25, -0.2) is 4.98 Å². The highest BCUT2D eigenvalue weighted by atomic mass is 35.5. The number of nitrogens with zero attached hydrogens (tertiary/aromatic N) is 2. The monoisotopic (exact) mass is 251 g/mol. The van der Waals surface area contributed by atoms with Crippen LogP contribution in [0.15, 0.2) is 35.3 Å². The van der Waals surface area contributed by atoms with Crippen LogP contribution in [0, 0.1) is 0 Å². The van der Waals surface area contributed by atoms with E-state index in [2.05, 4.69) is 4.98 Å². The first kappa shape index (κ1) is 12.0. The summed E-state index contributed by atoms with van der Waals surface area (Å²) in [4.78, 5) is 6.29. The van der Waals surface area contributed by atoms with Crippen LogP contribution in [0.4, 0.5) is 5.82 Å². The van der Waals surface area contributed by atoms with Gasteiger partial charge in [-0.1, -0.05) is 11.6 Å². The molecule has 2 aromatic rings. The third-order valence-corrected chi connectivity index (χ3v) is 2.87. The average molecular weight is 252 g/mol. The largest absolute Gasteiger partial charge is 0.472 e. The molecule has 0 fully saturated rings. The van der Waals surface area contributed by atoms with Gasteiger partial charge in [0.1, 0.15) is 5.82 Å². The van der Waals surface area contributed by atoms with Crippen molar-refractivity contribution in [2.45, 2.75) is 13.1 Å². The lowest BCUT2D eigenvalue weighted by molar-refractivity contribution is 0.563. The number of furan rings is 1. The predicted octanol–water partition coefficient (Wildman–Crippen LogP) is 2.42. The number of nitrogens with two attached hydrogens (primary N) is 1. The molecule has 2 heterocycles. The van der Waals surface area contributed by atoms with Crippen LogP contribution in [0.25, 0.3) is 0 Å². The summed E-state index contributed by atoms with van der Waals surface area (Å²) in [6.07, 6.45) is 5.00. The van der Waals surface area contributed by atoms with Crippen molar-refractivity contribution in [1.29, 1.82) is 0 Å². The van der Waals surface area contributed by atoms with E-state index in [4.69, 9.17) is 21.8 Å². The summed E-state index contributed by atoms with van der Waals surface area (Å²) < 4.78 is 5.03. The number of aromatic nitrogens is 1. The van der Waals surface area contributed by atoms with Gasteiger partial charge in [0.05, 0.1) is 17.5 Å². The van der Waals surface area contributed by atoms with Crippen molar-refractivity contribution >= 4 is 17.4 Å². The Kier molecular flexibility index (Phi) is 3.66. The number of hydrogen-bond acceptors (Lipinski definition) is 4. The fraction of sp³-hybridized carbons (Fsp3) is 0.250. The quantitative estimate of drug-likeness (QED) is 0.907. The highest BCUT2D eigenvalue weighted by molar-refractivity contribution is 6.31. The first-order valence-corrected chi connectivity index (χ1v) is 5.65. The van der Waals surface area contributed by atoms with E-state index in [1.165, 1.54) is 0 Å². The molecule has 0 aliphatic carbocycles. The molecule has 0 bridgehead atoms. The summed E-state index contributed by atoms with van der Waals surface area (Å²) >= 11 is 5.97. The van der Waals surface area contributed by atoms with Crippen LogP contribution in [0.5, 0.6) is 0 Å². The third-order valence-electron chi connectivity index (χ3n) is 2.53. The average Bonchev–Trinajstić information content (AvgIpc) is 2.82. The highest BCUT2D eigenvalue weighted by Crippen LogP contribution is 2.20. The minimum absolute atomic E-state index is 0.411. The second-order valence-electron chi connectivity index (χ2n) is 3.83. The van der Waals surface area contributed by atoms with Crippen LogP contribution >= 0.6 is 11.6 Å². The maximum absolute atomic E-state index is 5.97. The molecule has 0 spiro atoms. The third kappa shape index (κ3) is 2.78. The Morgan fingerprint density at radius 1 is 1.53 bits per heavy atom. The molecule has 90 valence electrons. The van der Waals surface area contributed by atoms with E-state index in [0.717, 1.165) is 23.5 Å². The summed E-state index contributed by atoms with van der Waals surface area (Å²) in [5.74, 6) is 0.844. The number of anilines is 1. The fourth-order valence-corrected chi connectivity index (χ4v) is 1.75. The van der Waals surface area contributed by atoms with Gasteiger partial charge >= 0.3 is 0 Å². The maximum atomic E-state index is 5.97. The van der Waals surface area contributed by atoms with Gasteiger partial charge in [0.2, 0.25) is 0 Å². The SMILES string of the molecule is CN(Cc1ccoc1)c1cc(CN)c(Cl)cn1. The predicted molar refractivity (Wildman–Crippen MR) is 68.0 cm³/mol. The van der Waals surface area contributed by atoms with Gasteiger partial charge in [-0.2, -0.15) is 0 Å². The minimum Gasteiger partial charge on any atom is -0.472 e. The standard InChI is InChI=1S/C12H14ClN3O/c1-16(7-9-2-3-17-8-9)12-4-10(5-14)11(13)6-15-12/h2-4,6,8H,5,7,14H2,1H3. The zero-order valence-electron chi connectivity index (χ0n) is 9.56. The minimum atomic E-state index is 0.411. The Hall–Kier alpha value is -1.52. The summed E-state index contributed by atoms with van der Waals surface area (Å²) in [5.41, 5.74) is 7.60. The molecule has 0 aromatic carbocycles. The fourth-order valence-electron chi connectivity index (χ4n) is 1.57. The van der Waals surface area contributed by atoms with Gasteiger partial charge in [-0.15, -0.1) is 0 Å². The topological polar surface area (TPSA) is 55.3 Å². The molecule has 0 unspecified atom stereocenters. The zero-order valence-corrected chi connectivity index (χ0v) is 10.3.